The molecule has 0 saturated heterocycles. The maximum Gasteiger partial charge on any atom is 0.161 e. The highest BCUT2D eigenvalue weighted by molar-refractivity contribution is 9.11. The van der Waals surface area contributed by atoms with Crippen molar-refractivity contribution >= 4 is 27.3 Å². The summed E-state index contributed by atoms with van der Waals surface area (Å²) in [6.45, 7) is 11.4. The molecule has 1 aliphatic rings. The highest BCUT2D eigenvalue weighted by Crippen LogP contribution is 2.30. The first-order chi connectivity index (χ1) is 10.3. The maximum absolute atomic E-state index is 5.38. The Morgan fingerprint density at radius 3 is 2.05 bits per heavy atom. The van der Waals surface area contributed by atoms with Gasteiger partial charge in [-0.15, -0.1) is 11.3 Å². The van der Waals surface area contributed by atoms with Gasteiger partial charge >= 0.3 is 0 Å². The highest BCUT2D eigenvalue weighted by atomic mass is 79.9. The first kappa shape index (κ1) is 20.0. The van der Waals surface area contributed by atoms with Gasteiger partial charge in [-0.05, 0) is 52.0 Å². The fourth-order valence-corrected chi connectivity index (χ4v) is 2.33. The van der Waals surface area contributed by atoms with E-state index in [1.807, 2.05) is 70.3 Å². The van der Waals surface area contributed by atoms with E-state index in [-0.39, 0.29) is 0 Å². The van der Waals surface area contributed by atoms with Crippen LogP contribution < -0.4 is 9.47 Å². The van der Waals surface area contributed by atoms with E-state index in [1.165, 1.54) is 9.35 Å². The first-order valence-corrected chi connectivity index (χ1v) is 8.98. The molecule has 3 rings (SSSR count). The Hall–Kier alpha value is -1.00. The normalized spacial score (nSPS) is 10.8. The predicted octanol–water partition coefficient (Wildman–Crippen LogP) is 6.33. The quantitative estimate of drug-likeness (QED) is 0.537. The van der Waals surface area contributed by atoms with Crippen LogP contribution in [0.15, 0.2) is 39.5 Å². The number of rotatable bonds is 0. The third-order valence-electron chi connectivity index (χ3n) is 2.18. The Balaban J connectivity index is 0.000000341. The van der Waals surface area contributed by atoms with Gasteiger partial charge in [0.15, 0.2) is 11.5 Å². The van der Waals surface area contributed by atoms with Gasteiger partial charge in [-0.25, -0.2) is 0 Å². The molecule has 1 aromatic heterocycles. The molecule has 0 saturated carbocycles. The molecular formula is C17H25BrO2S. The van der Waals surface area contributed by atoms with Crippen molar-refractivity contribution in [3.05, 3.63) is 45.1 Å². The third kappa shape index (κ3) is 8.12. The fraction of sp³-hybridized carbons (Fsp3) is 0.412. The van der Waals surface area contributed by atoms with E-state index < -0.39 is 0 Å². The van der Waals surface area contributed by atoms with Gasteiger partial charge in [-0.1, -0.05) is 39.8 Å². The number of benzene rings is 1. The molecular weight excluding hydrogens is 348 g/mol. The van der Waals surface area contributed by atoms with Gasteiger partial charge in [-0.3, -0.25) is 0 Å². The zero-order valence-electron chi connectivity index (χ0n) is 13.5. The smallest absolute Gasteiger partial charge is 0.161 e. The second kappa shape index (κ2) is 12.7. The van der Waals surface area contributed by atoms with Crippen LogP contribution in [0.4, 0.5) is 0 Å². The molecule has 118 valence electrons. The number of ether oxygens (including phenoxy) is 2. The summed E-state index contributed by atoms with van der Waals surface area (Å²) < 4.78 is 11.9. The number of halogens is 1. The molecule has 4 heteroatoms. The molecule has 0 bridgehead atoms. The minimum Gasteiger partial charge on any atom is -0.486 e. The van der Waals surface area contributed by atoms with Crippen LogP contribution in [-0.4, -0.2) is 13.2 Å². The van der Waals surface area contributed by atoms with E-state index in [0.29, 0.717) is 13.2 Å². The topological polar surface area (TPSA) is 18.5 Å². The predicted molar refractivity (Wildman–Crippen MR) is 96.9 cm³/mol. The standard InChI is InChI=1S/C9H10O2.C4H3BrS.2C2H6/c1-7-2-3-8-9(6-7)11-5-4-10-8;5-4-2-1-3-6-4;2*1-2/h2-3,6H,4-5H2,1H3;1-3H;2*1-2H3. The van der Waals surface area contributed by atoms with Crippen molar-refractivity contribution in [2.75, 3.05) is 13.2 Å². The molecule has 0 aliphatic carbocycles. The highest BCUT2D eigenvalue weighted by Gasteiger charge is 2.09. The van der Waals surface area contributed by atoms with E-state index in [9.17, 15) is 0 Å². The molecule has 0 N–H and O–H groups in total. The summed E-state index contributed by atoms with van der Waals surface area (Å²) in [6.07, 6.45) is 0. The summed E-state index contributed by atoms with van der Waals surface area (Å²) in [5.41, 5.74) is 1.20. The zero-order valence-corrected chi connectivity index (χ0v) is 15.9. The summed E-state index contributed by atoms with van der Waals surface area (Å²) in [7, 11) is 0. The maximum atomic E-state index is 5.38. The van der Waals surface area contributed by atoms with Crippen molar-refractivity contribution in [2.45, 2.75) is 34.6 Å². The van der Waals surface area contributed by atoms with Gasteiger partial charge in [-0.2, -0.15) is 0 Å². The number of thiophene rings is 1. The lowest BCUT2D eigenvalue weighted by Crippen LogP contribution is -2.15. The van der Waals surface area contributed by atoms with Crippen molar-refractivity contribution in [2.24, 2.45) is 0 Å². The molecule has 1 aliphatic heterocycles. The minimum absolute atomic E-state index is 0.663. The molecule has 0 spiro atoms. The third-order valence-corrected chi connectivity index (χ3v) is 3.66. The molecule has 2 heterocycles. The SMILES string of the molecule is Brc1cccs1.CC.CC.Cc1ccc2c(c1)OCCO2. The van der Waals surface area contributed by atoms with E-state index in [2.05, 4.69) is 15.9 Å². The molecule has 0 radical (unpaired) electrons. The number of fused-ring (bicyclic) bond motifs is 1. The lowest BCUT2D eigenvalue weighted by atomic mass is 10.2. The number of hydrogen-bond acceptors (Lipinski definition) is 3. The van der Waals surface area contributed by atoms with Crippen LogP contribution in [-0.2, 0) is 0 Å². The van der Waals surface area contributed by atoms with Crippen LogP contribution in [0.3, 0.4) is 0 Å². The van der Waals surface area contributed by atoms with Crippen LogP contribution in [0.2, 0.25) is 0 Å². The van der Waals surface area contributed by atoms with Crippen LogP contribution >= 0.6 is 27.3 Å². The molecule has 0 fully saturated rings. The van der Waals surface area contributed by atoms with E-state index in [1.54, 1.807) is 11.3 Å². The van der Waals surface area contributed by atoms with Crippen LogP contribution in [0.5, 0.6) is 11.5 Å². The fourth-order valence-electron chi connectivity index (χ4n) is 1.41. The van der Waals surface area contributed by atoms with Gasteiger partial charge < -0.3 is 9.47 Å². The molecule has 0 unspecified atom stereocenters. The van der Waals surface area contributed by atoms with Crippen LogP contribution in [0.25, 0.3) is 0 Å². The summed E-state index contributed by atoms with van der Waals surface area (Å²) in [5.74, 6) is 1.73. The van der Waals surface area contributed by atoms with Gasteiger partial charge in [0, 0.05) is 0 Å². The first-order valence-electron chi connectivity index (χ1n) is 7.31. The van der Waals surface area contributed by atoms with Crippen molar-refractivity contribution in [1.29, 1.82) is 0 Å². The lowest BCUT2D eigenvalue weighted by molar-refractivity contribution is 0.171. The van der Waals surface area contributed by atoms with Crippen molar-refractivity contribution in [3.8, 4) is 11.5 Å². The van der Waals surface area contributed by atoms with Crippen molar-refractivity contribution in [1.82, 2.24) is 0 Å². The molecule has 0 atom stereocenters. The van der Waals surface area contributed by atoms with E-state index in [0.717, 1.165) is 11.5 Å². The molecule has 0 amide bonds. The molecule has 2 nitrogen and oxygen atoms in total. The minimum atomic E-state index is 0.663. The molecule has 21 heavy (non-hydrogen) atoms. The Morgan fingerprint density at radius 2 is 1.57 bits per heavy atom. The number of aryl methyl sites for hydroxylation is 1. The van der Waals surface area contributed by atoms with E-state index in [4.69, 9.17) is 9.47 Å². The Morgan fingerprint density at radius 1 is 0.952 bits per heavy atom. The zero-order chi connectivity index (χ0) is 16.1. The Kier molecular flexibility index (Phi) is 12.1. The second-order valence-electron chi connectivity index (χ2n) is 3.56. The van der Waals surface area contributed by atoms with Gasteiger partial charge in [0.2, 0.25) is 0 Å². The number of hydrogen-bond donors (Lipinski definition) is 0. The van der Waals surface area contributed by atoms with Gasteiger partial charge in [0.05, 0.1) is 3.79 Å². The summed E-state index contributed by atoms with van der Waals surface area (Å²) >= 11 is 4.99. The van der Waals surface area contributed by atoms with Crippen molar-refractivity contribution in [3.63, 3.8) is 0 Å². The molecule has 2 aromatic rings. The Labute approximate surface area is 141 Å². The average molecular weight is 373 g/mol. The van der Waals surface area contributed by atoms with Crippen molar-refractivity contribution < 1.29 is 9.47 Å². The van der Waals surface area contributed by atoms with Crippen LogP contribution in [0.1, 0.15) is 33.3 Å². The van der Waals surface area contributed by atoms with Gasteiger partial charge in [0.25, 0.3) is 0 Å². The second-order valence-corrected chi connectivity index (χ2v) is 5.89. The summed E-state index contributed by atoms with van der Waals surface area (Å²) in [5, 5.41) is 2.03. The summed E-state index contributed by atoms with van der Waals surface area (Å²) in [6, 6.07) is 9.99. The molecule has 1 aromatic carbocycles. The van der Waals surface area contributed by atoms with Gasteiger partial charge in [0.1, 0.15) is 13.2 Å². The van der Waals surface area contributed by atoms with Crippen LogP contribution in [0, 0.1) is 6.92 Å². The largest absolute Gasteiger partial charge is 0.486 e. The lowest BCUT2D eigenvalue weighted by Gasteiger charge is -2.18. The summed E-state index contributed by atoms with van der Waals surface area (Å²) in [4.78, 5) is 0. The monoisotopic (exact) mass is 372 g/mol. The average Bonchev–Trinajstić information content (AvgIpc) is 3.03. The Bertz CT molecular complexity index is 470. The van der Waals surface area contributed by atoms with E-state index >= 15 is 0 Å².